The van der Waals surface area contributed by atoms with Gasteiger partial charge in [-0.1, -0.05) is 12.2 Å². The van der Waals surface area contributed by atoms with E-state index in [0.29, 0.717) is 32.1 Å². The number of nitrogens with one attached hydrogen (secondary N) is 1. The lowest BCUT2D eigenvalue weighted by atomic mass is 9.94. The van der Waals surface area contributed by atoms with Gasteiger partial charge in [-0.2, -0.15) is 0 Å². The van der Waals surface area contributed by atoms with Crippen molar-refractivity contribution in [2.75, 3.05) is 26.3 Å². The van der Waals surface area contributed by atoms with E-state index in [-0.39, 0.29) is 12.1 Å². The highest BCUT2D eigenvalue weighted by atomic mass is 16.5. The summed E-state index contributed by atoms with van der Waals surface area (Å²) in [6, 6.07) is -0.0384. The Morgan fingerprint density at radius 1 is 1.55 bits per heavy atom. The molecule has 0 spiro atoms. The average Bonchev–Trinajstić information content (AvgIpc) is 2.46. The molecular weight excluding hydrogens is 256 g/mol. The second-order valence-corrected chi connectivity index (χ2v) is 5.84. The van der Waals surface area contributed by atoms with Gasteiger partial charge in [-0.15, -0.1) is 0 Å². The van der Waals surface area contributed by atoms with Crippen molar-refractivity contribution >= 4 is 6.03 Å². The molecule has 1 saturated heterocycles. The Kier molecular flexibility index (Phi) is 5.86. The van der Waals surface area contributed by atoms with Gasteiger partial charge in [-0.25, -0.2) is 4.79 Å². The van der Waals surface area contributed by atoms with E-state index >= 15 is 0 Å². The van der Waals surface area contributed by atoms with Gasteiger partial charge in [0, 0.05) is 13.1 Å². The summed E-state index contributed by atoms with van der Waals surface area (Å²) in [5.74, 6) is 0.556. The third-order valence-corrected chi connectivity index (χ3v) is 4.02. The van der Waals surface area contributed by atoms with Crippen LogP contribution in [0.4, 0.5) is 4.79 Å². The van der Waals surface area contributed by atoms with Crippen LogP contribution in [0.15, 0.2) is 12.2 Å². The number of urea groups is 1. The highest BCUT2D eigenvalue weighted by molar-refractivity contribution is 5.74. The number of morpholine rings is 1. The van der Waals surface area contributed by atoms with Gasteiger partial charge in [0.05, 0.1) is 25.4 Å². The second-order valence-electron chi connectivity index (χ2n) is 5.84. The fraction of sp³-hybridized carbons (Fsp3) is 0.800. The molecule has 2 aliphatic rings. The number of hydrogen-bond acceptors (Lipinski definition) is 3. The highest BCUT2D eigenvalue weighted by Crippen LogP contribution is 2.18. The maximum Gasteiger partial charge on any atom is 0.317 e. The third kappa shape index (κ3) is 4.49. The molecular formula is C15H26N2O3. The average molecular weight is 282 g/mol. The zero-order valence-electron chi connectivity index (χ0n) is 12.3. The van der Waals surface area contributed by atoms with Gasteiger partial charge in [-0.05, 0) is 38.5 Å². The number of hydrogen-bond donors (Lipinski definition) is 2. The maximum absolute atomic E-state index is 12.3. The molecule has 5 heteroatoms. The Morgan fingerprint density at radius 3 is 3.10 bits per heavy atom. The summed E-state index contributed by atoms with van der Waals surface area (Å²) in [7, 11) is 0. The zero-order chi connectivity index (χ0) is 14.4. The summed E-state index contributed by atoms with van der Waals surface area (Å²) in [6.45, 7) is 4.19. The number of nitrogens with zero attached hydrogens (tertiary/aromatic N) is 1. The standard InChI is InChI=1S/C15H26N2O3/c1-12(18)9-14-11-20-8-7-17(14)15(19)16-10-13-5-3-2-4-6-13/h2-3,12-14,18H,4-11H2,1H3,(H,16,19)/t12-,13+,14-/m0/s1. The van der Waals surface area contributed by atoms with E-state index in [1.807, 2.05) is 4.90 Å². The molecule has 1 heterocycles. The molecule has 0 aromatic rings. The second kappa shape index (κ2) is 7.64. The molecule has 2 rings (SSSR count). The first-order valence-electron chi connectivity index (χ1n) is 7.62. The van der Waals surface area contributed by atoms with E-state index in [9.17, 15) is 9.90 Å². The topological polar surface area (TPSA) is 61.8 Å². The summed E-state index contributed by atoms with van der Waals surface area (Å²) < 4.78 is 5.42. The minimum absolute atomic E-state index is 0.0185. The van der Waals surface area contributed by atoms with Crippen LogP contribution in [0, 0.1) is 5.92 Å². The molecule has 5 nitrogen and oxygen atoms in total. The van der Waals surface area contributed by atoms with Crippen molar-refractivity contribution < 1.29 is 14.6 Å². The SMILES string of the molecule is C[C@H](O)C[C@H]1COCCN1C(=O)NC[C@@H]1CC=CCC1. The van der Waals surface area contributed by atoms with Crippen molar-refractivity contribution in [3.8, 4) is 0 Å². The fourth-order valence-electron chi connectivity index (χ4n) is 2.89. The normalized spacial score (nSPS) is 28.2. The summed E-state index contributed by atoms with van der Waals surface area (Å²) in [4.78, 5) is 14.1. The molecule has 3 atom stereocenters. The Hall–Kier alpha value is -1.07. The van der Waals surface area contributed by atoms with Crippen LogP contribution in [0.5, 0.6) is 0 Å². The number of carbonyl (C=O) groups is 1. The summed E-state index contributed by atoms with van der Waals surface area (Å²) >= 11 is 0. The fourth-order valence-corrected chi connectivity index (χ4v) is 2.89. The van der Waals surface area contributed by atoms with Crippen LogP contribution in [0.1, 0.15) is 32.6 Å². The van der Waals surface area contributed by atoms with E-state index in [4.69, 9.17) is 4.74 Å². The minimum atomic E-state index is -0.416. The van der Waals surface area contributed by atoms with Gasteiger partial charge >= 0.3 is 6.03 Å². The monoisotopic (exact) mass is 282 g/mol. The lowest BCUT2D eigenvalue weighted by Crippen LogP contribution is -2.53. The van der Waals surface area contributed by atoms with Gasteiger partial charge in [0.25, 0.3) is 0 Å². The molecule has 20 heavy (non-hydrogen) atoms. The molecule has 2 amide bonds. The number of carbonyl (C=O) groups excluding carboxylic acids is 1. The number of amides is 2. The van der Waals surface area contributed by atoms with Crippen molar-refractivity contribution in [3.05, 3.63) is 12.2 Å². The van der Waals surface area contributed by atoms with Crippen molar-refractivity contribution in [1.29, 1.82) is 0 Å². The van der Waals surface area contributed by atoms with Crippen molar-refractivity contribution in [1.82, 2.24) is 10.2 Å². The molecule has 0 aromatic carbocycles. The first-order chi connectivity index (χ1) is 9.66. The van der Waals surface area contributed by atoms with Gasteiger partial charge in [0.1, 0.15) is 0 Å². The summed E-state index contributed by atoms with van der Waals surface area (Å²) in [5.41, 5.74) is 0. The zero-order valence-corrected chi connectivity index (χ0v) is 12.3. The van der Waals surface area contributed by atoms with Crippen LogP contribution in [-0.2, 0) is 4.74 Å². The minimum Gasteiger partial charge on any atom is -0.393 e. The summed E-state index contributed by atoms with van der Waals surface area (Å²) in [6.07, 6.45) is 7.88. The molecule has 0 unspecified atom stereocenters. The van der Waals surface area contributed by atoms with Gasteiger partial charge in [-0.3, -0.25) is 0 Å². The van der Waals surface area contributed by atoms with Crippen molar-refractivity contribution in [3.63, 3.8) is 0 Å². The Morgan fingerprint density at radius 2 is 2.40 bits per heavy atom. The van der Waals surface area contributed by atoms with Gasteiger partial charge in [0.2, 0.25) is 0 Å². The first kappa shape index (κ1) is 15.3. The van der Waals surface area contributed by atoms with Gasteiger partial charge in [0.15, 0.2) is 0 Å². The van der Waals surface area contributed by atoms with Crippen LogP contribution < -0.4 is 5.32 Å². The molecule has 0 saturated carbocycles. The van der Waals surface area contributed by atoms with Crippen molar-refractivity contribution in [2.24, 2.45) is 5.92 Å². The van der Waals surface area contributed by atoms with E-state index in [1.54, 1.807) is 6.92 Å². The number of ether oxygens (including phenoxy) is 1. The van der Waals surface area contributed by atoms with Crippen LogP contribution in [0.3, 0.4) is 0 Å². The molecule has 0 aromatic heterocycles. The van der Waals surface area contributed by atoms with Crippen LogP contribution in [0.2, 0.25) is 0 Å². The predicted octanol–water partition coefficient (Wildman–Crippen LogP) is 1.52. The van der Waals surface area contributed by atoms with E-state index < -0.39 is 6.10 Å². The first-order valence-corrected chi connectivity index (χ1v) is 7.62. The van der Waals surface area contributed by atoms with Crippen LogP contribution >= 0.6 is 0 Å². The lowest BCUT2D eigenvalue weighted by Gasteiger charge is -2.36. The molecule has 2 N–H and O–H groups in total. The number of aliphatic hydroxyl groups is 1. The van der Waals surface area contributed by atoms with E-state index in [2.05, 4.69) is 17.5 Å². The Labute approximate surface area is 121 Å². The maximum atomic E-state index is 12.3. The molecule has 114 valence electrons. The van der Waals surface area contributed by atoms with E-state index in [1.165, 1.54) is 0 Å². The number of aliphatic hydroxyl groups excluding tert-OH is 1. The van der Waals surface area contributed by atoms with Gasteiger partial charge < -0.3 is 20.1 Å². The molecule has 1 fully saturated rings. The predicted molar refractivity (Wildman–Crippen MR) is 77.5 cm³/mol. The number of rotatable bonds is 4. The highest BCUT2D eigenvalue weighted by Gasteiger charge is 2.28. The van der Waals surface area contributed by atoms with Crippen LogP contribution in [-0.4, -0.2) is 54.5 Å². The lowest BCUT2D eigenvalue weighted by molar-refractivity contribution is -0.00446. The van der Waals surface area contributed by atoms with Crippen LogP contribution in [0.25, 0.3) is 0 Å². The quantitative estimate of drug-likeness (QED) is 0.769. The Balaban J connectivity index is 1.80. The molecule has 1 aliphatic heterocycles. The Bertz CT molecular complexity index is 344. The molecule has 0 bridgehead atoms. The smallest absolute Gasteiger partial charge is 0.317 e. The van der Waals surface area contributed by atoms with Crippen molar-refractivity contribution in [2.45, 2.75) is 44.8 Å². The largest absolute Gasteiger partial charge is 0.393 e. The number of allylic oxidation sites excluding steroid dienone is 2. The summed E-state index contributed by atoms with van der Waals surface area (Å²) in [5, 5.41) is 12.6. The molecule has 0 radical (unpaired) electrons. The molecule has 1 aliphatic carbocycles. The third-order valence-electron chi connectivity index (χ3n) is 4.02. The van der Waals surface area contributed by atoms with E-state index in [0.717, 1.165) is 25.8 Å².